The number of nitrogens with zero attached hydrogens (tertiary/aromatic N) is 1. The highest BCUT2D eigenvalue weighted by molar-refractivity contribution is 7.92. The van der Waals surface area contributed by atoms with Crippen LogP contribution in [0, 0.1) is 11.3 Å². The highest BCUT2D eigenvalue weighted by Crippen LogP contribution is 2.15. The largest absolute Gasteiger partial charge is 0.479 e. The van der Waals surface area contributed by atoms with Crippen molar-refractivity contribution < 1.29 is 13.2 Å². The lowest BCUT2D eigenvalue weighted by atomic mass is 10.2. The summed E-state index contributed by atoms with van der Waals surface area (Å²) in [6.07, 6.45) is 1.24. The molecule has 1 aromatic carbocycles. The number of hydrogen-bond donors (Lipinski definition) is 1. The zero-order chi connectivity index (χ0) is 15.2. The van der Waals surface area contributed by atoms with E-state index in [9.17, 15) is 8.42 Å². The molecule has 0 amide bonds. The van der Waals surface area contributed by atoms with E-state index in [2.05, 4.69) is 5.32 Å². The molecule has 6 heteroatoms. The topological polar surface area (TPSA) is 79.2 Å². The Morgan fingerprint density at radius 2 is 2.10 bits per heavy atom. The highest BCUT2D eigenvalue weighted by Gasteiger charge is 2.29. The van der Waals surface area contributed by atoms with Crippen molar-refractivity contribution in [1.82, 2.24) is 5.32 Å². The first-order valence-corrected chi connectivity index (χ1v) is 8.14. The summed E-state index contributed by atoms with van der Waals surface area (Å²) < 4.78 is 27.6. The minimum Gasteiger partial charge on any atom is -0.479 e. The molecule has 0 radical (unpaired) electrons. The van der Waals surface area contributed by atoms with Crippen molar-refractivity contribution in [2.75, 3.05) is 19.4 Å². The molecule has 0 unspecified atom stereocenters. The number of nitriles is 1. The molecule has 0 aliphatic heterocycles. The predicted octanol–water partition coefficient (Wildman–Crippen LogP) is 1.50. The summed E-state index contributed by atoms with van der Waals surface area (Å²) in [5, 5.41) is 11.6. The van der Waals surface area contributed by atoms with E-state index in [1.165, 1.54) is 6.26 Å². The van der Waals surface area contributed by atoms with Crippen molar-refractivity contribution in [1.29, 1.82) is 5.26 Å². The summed E-state index contributed by atoms with van der Waals surface area (Å²) in [5.41, 5.74) is 0.977. The van der Waals surface area contributed by atoms with Gasteiger partial charge in [-0.25, -0.2) is 8.42 Å². The molecule has 0 saturated heterocycles. The molecule has 0 bridgehead atoms. The maximum Gasteiger partial charge on any atom is 0.174 e. The van der Waals surface area contributed by atoms with Crippen LogP contribution in [0.4, 0.5) is 0 Å². The number of hydrogen-bond acceptors (Lipinski definition) is 5. The van der Waals surface area contributed by atoms with Gasteiger partial charge in [0.15, 0.2) is 16.4 Å². The number of ether oxygens (including phenoxy) is 1. The number of sulfone groups is 1. The van der Waals surface area contributed by atoms with Crippen LogP contribution in [0.25, 0.3) is 0 Å². The average molecular weight is 296 g/mol. The zero-order valence-electron chi connectivity index (χ0n) is 12.0. The standard InChI is InChI=1S/C14H20N2O3S/c1-14(2,20(3,17)18)11-16-10-12-5-4-6-13(9-12)19-8-7-15/h4-6,9,16H,8,10-11H2,1-3H3. The summed E-state index contributed by atoms with van der Waals surface area (Å²) in [7, 11) is -3.10. The number of nitrogens with one attached hydrogen (secondary N) is 1. The zero-order valence-corrected chi connectivity index (χ0v) is 12.8. The Labute approximate surface area is 120 Å². The fourth-order valence-electron chi connectivity index (χ4n) is 1.50. The molecule has 0 aliphatic rings. The molecule has 0 saturated carbocycles. The normalized spacial score (nSPS) is 11.9. The van der Waals surface area contributed by atoms with Crippen LogP contribution in [0.2, 0.25) is 0 Å². The minimum atomic E-state index is -3.10. The van der Waals surface area contributed by atoms with Crippen LogP contribution in [0.5, 0.6) is 5.75 Å². The molecule has 110 valence electrons. The van der Waals surface area contributed by atoms with Gasteiger partial charge in [0.25, 0.3) is 0 Å². The Bertz CT molecular complexity index is 589. The first kappa shape index (κ1) is 16.5. The second kappa shape index (κ2) is 6.73. The van der Waals surface area contributed by atoms with Crippen molar-refractivity contribution in [3.8, 4) is 11.8 Å². The third kappa shape index (κ3) is 4.83. The van der Waals surface area contributed by atoms with E-state index in [1.807, 2.05) is 24.3 Å². The maximum atomic E-state index is 11.6. The van der Waals surface area contributed by atoms with E-state index >= 15 is 0 Å². The van der Waals surface area contributed by atoms with Crippen LogP contribution in [-0.4, -0.2) is 32.6 Å². The van der Waals surface area contributed by atoms with E-state index in [1.54, 1.807) is 19.9 Å². The van der Waals surface area contributed by atoms with Gasteiger partial charge in [0.1, 0.15) is 11.8 Å². The van der Waals surface area contributed by atoms with Crippen LogP contribution in [0.15, 0.2) is 24.3 Å². The van der Waals surface area contributed by atoms with Crippen molar-refractivity contribution >= 4 is 9.84 Å². The molecule has 20 heavy (non-hydrogen) atoms. The van der Waals surface area contributed by atoms with Gasteiger partial charge in [-0.3, -0.25) is 0 Å². The van der Waals surface area contributed by atoms with Crippen LogP contribution in [-0.2, 0) is 16.4 Å². The lowest BCUT2D eigenvalue weighted by Crippen LogP contribution is -2.41. The van der Waals surface area contributed by atoms with Crippen molar-refractivity contribution in [3.63, 3.8) is 0 Å². The second-order valence-electron chi connectivity index (χ2n) is 5.23. The quantitative estimate of drug-likeness (QED) is 0.825. The van der Waals surface area contributed by atoms with Gasteiger partial charge in [0.2, 0.25) is 0 Å². The van der Waals surface area contributed by atoms with Gasteiger partial charge in [0, 0.05) is 19.3 Å². The Morgan fingerprint density at radius 3 is 2.70 bits per heavy atom. The van der Waals surface area contributed by atoms with E-state index in [4.69, 9.17) is 10.00 Å². The third-order valence-corrected chi connectivity index (χ3v) is 5.24. The smallest absolute Gasteiger partial charge is 0.174 e. The molecule has 0 aliphatic carbocycles. The molecule has 1 N–H and O–H groups in total. The second-order valence-corrected chi connectivity index (χ2v) is 7.88. The lowest BCUT2D eigenvalue weighted by molar-refractivity contribution is 0.367. The van der Waals surface area contributed by atoms with E-state index in [0.717, 1.165) is 5.56 Å². The van der Waals surface area contributed by atoms with Gasteiger partial charge in [-0.1, -0.05) is 12.1 Å². The predicted molar refractivity (Wildman–Crippen MR) is 78.2 cm³/mol. The van der Waals surface area contributed by atoms with E-state index < -0.39 is 14.6 Å². The van der Waals surface area contributed by atoms with Crippen LogP contribution >= 0.6 is 0 Å². The van der Waals surface area contributed by atoms with Crippen LogP contribution < -0.4 is 10.1 Å². The van der Waals surface area contributed by atoms with E-state index in [0.29, 0.717) is 18.8 Å². The van der Waals surface area contributed by atoms with Crippen molar-refractivity contribution in [2.24, 2.45) is 0 Å². The SMILES string of the molecule is CC(C)(CNCc1cccc(OCC#N)c1)S(C)(=O)=O. The Balaban J connectivity index is 2.57. The highest BCUT2D eigenvalue weighted by atomic mass is 32.2. The third-order valence-electron chi connectivity index (χ3n) is 3.09. The molecular weight excluding hydrogens is 276 g/mol. The Kier molecular flexibility index (Phi) is 5.54. The van der Waals surface area contributed by atoms with Gasteiger partial charge in [-0.15, -0.1) is 0 Å². The van der Waals surface area contributed by atoms with Gasteiger partial charge in [-0.05, 0) is 31.5 Å². The lowest BCUT2D eigenvalue weighted by Gasteiger charge is -2.22. The van der Waals surface area contributed by atoms with Gasteiger partial charge in [0.05, 0.1) is 4.75 Å². The van der Waals surface area contributed by atoms with Crippen LogP contribution in [0.3, 0.4) is 0 Å². The average Bonchev–Trinajstić information content (AvgIpc) is 2.35. The summed E-state index contributed by atoms with van der Waals surface area (Å²) in [6, 6.07) is 9.28. The van der Waals surface area contributed by atoms with Gasteiger partial charge < -0.3 is 10.1 Å². The first-order chi connectivity index (χ1) is 9.26. The number of rotatable bonds is 7. The van der Waals surface area contributed by atoms with Crippen LogP contribution in [0.1, 0.15) is 19.4 Å². The first-order valence-electron chi connectivity index (χ1n) is 6.25. The summed E-state index contributed by atoms with van der Waals surface area (Å²) >= 11 is 0. The summed E-state index contributed by atoms with van der Waals surface area (Å²) in [6.45, 7) is 4.32. The monoisotopic (exact) mass is 296 g/mol. The number of benzene rings is 1. The molecule has 0 spiro atoms. The van der Waals surface area contributed by atoms with Gasteiger partial charge >= 0.3 is 0 Å². The minimum absolute atomic E-state index is 0.0119. The molecule has 1 rings (SSSR count). The molecule has 0 fully saturated rings. The maximum absolute atomic E-state index is 11.6. The molecule has 0 atom stereocenters. The Hall–Kier alpha value is -1.58. The van der Waals surface area contributed by atoms with Crippen molar-refractivity contribution in [2.45, 2.75) is 25.1 Å². The summed E-state index contributed by atoms with van der Waals surface area (Å²) in [4.78, 5) is 0. The molecule has 0 heterocycles. The van der Waals surface area contributed by atoms with E-state index in [-0.39, 0.29) is 6.61 Å². The summed E-state index contributed by atoms with van der Waals surface area (Å²) in [5.74, 6) is 0.633. The van der Waals surface area contributed by atoms with Gasteiger partial charge in [-0.2, -0.15) is 5.26 Å². The Morgan fingerprint density at radius 1 is 1.40 bits per heavy atom. The molecule has 1 aromatic rings. The fourth-order valence-corrected chi connectivity index (χ4v) is 1.86. The molecule has 5 nitrogen and oxygen atoms in total. The van der Waals surface area contributed by atoms with Crippen molar-refractivity contribution in [3.05, 3.63) is 29.8 Å². The molecular formula is C14H20N2O3S. The molecule has 0 aromatic heterocycles. The fraction of sp³-hybridized carbons (Fsp3) is 0.500.